The van der Waals surface area contributed by atoms with Gasteiger partial charge in [-0.25, -0.2) is 13.2 Å². The normalized spacial score (nSPS) is 18.7. The molecule has 0 aliphatic carbocycles. The summed E-state index contributed by atoms with van der Waals surface area (Å²) in [5, 5.41) is 0.456. The molecule has 24 heteroatoms. The van der Waals surface area contributed by atoms with Crippen molar-refractivity contribution in [2.75, 3.05) is 82.9 Å². The summed E-state index contributed by atoms with van der Waals surface area (Å²) in [6, 6.07) is 17.3. The Morgan fingerprint density at radius 1 is 0.823 bits per heavy atom. The topological polar surface area (TPSA) is 282 Å². The molecule has 2 N–H and O–H groups in total. The molecule has 7 rings (SSSR count). The number of hydrogen-bond acceptors (Lipinski definition) is 17. The van der Waals surface area contributed by atoms with Gasteiger partial charge in [0.05, 0.1) is 78.0 Å². The zero-order chi connectivity index (χ0) is 57.2. The molecule has 0 radical (unpaired) electrons. The zero-order valence-electron chi connectivity index (χ0n) is 44.6. The molecule has 4 heterocycles. The Bertz CT molecular complexity index is 3260. The molecule has 4 aliphatic rings. The summed E-state index contributed by atoms with van der Waals surface area (Å²) in [5.74, 6) is -2.32. The lowest BCUT2D eigenvalue weighted by Gasteiger charge is -2.44. The van der Waals surface area contributed by atoms with Crippen LogP contribution >= 0.6 is 0 Å². The number of carbonyl (C=O) groups is 3. The molecule has 3 aromatic carbocycles. The van der Waals surface area contributed by atoms with Crippen molar-refractivity contribution in [1.82, 2.24) is 5.06 Å². The van der Waals surface area contributed by atoms with E-state index in [0.717, 1.165) is 22.4 Å². The second kappa shape index (κ2) is 26.1. The van der Waals surface area contributed by atoms with Gasteiger partial charge in [0.2, 0.25) is 5.69 Å². The summed E-state index contributed by atoms with van der Waals surface area (Å²) in [6.07, 6.45) is 9.69. The number of hydrogen-bond donors (Lipinski definition) is 2. The average Bonchev–Trinajstić information content (AvgIpc) is 4.10. The standard InChI is InChI=1S/C55H67N3O18S3/c1-54(2)38-41(21-25-72-28-29-74-31-30-73-27-26-71-4)43-36-44-40(34-48(39-12-6-5-7-13-39)75-49(44)37-47(43)57(54)24-11-33-78(65,66)67)14-8-15-50-55(3,22-9-16-53(61)76-58-51(59)19-20-52(58)60)45-35-42(79(68,69)70)17-18-46(45)56(50)23-10-32-77(62,63)64/h5-8,12-15,17-18,34-38H,9-11,16,19-33H2,1-4H3,(H2-,62,63,64,65,66,67,68,69,70). The van der Waals surface area contributed by atoms with Gasteiger partial charge in [-0.15, -0.1) is 5.06 Å². The fourth-order valence-electron chi connectivity index (χ4n) is 10.1. The summed E-state index contributed by atoms with van der Waals surface area (Å²) in [6.45, 7) is 8.86. The monoisotopic (exact) mass is 1150 g/mol. The predicted octanol–water partition coefficient (Wildman–Crippen LogP) is 6.42. The van der Waals surface area contributed by atoms with E-state index in [9.17, 15) is 53.3 Å². The van der Waals surface area contributed by atoms with Gasteiger partial charge in [-0.3, -0.25) is 18.7 Å². The molecule has 2 amide bonds. The Hall–Kier alpha value is -5.93. The predicted molar refractivity (Wildman–Crippen MR) is 292 cm³/mol. The second-order valence-electron chi connectivity index (χ2n) is 20.1. The number of anilines is 1. The lowest BCUT2D eigenvalue weighted by molar-refractivity contribution is -0.437. The minimum absolute atomic E-state index is 0.0235. The van der Waals surface area contributed by atoms with E-state index in [2.05, 4.69) is 11.0 Å². The summed E-state index contributed by atoms with van der Waals surface area (Å²) in [5.41, 5.74) is 4.25. The molecule has 0 aromatic heterocycles. The summed E-state index contributed by atoms with van der Waals surface area (Å²) in [4.78, 5) is 44.3. The van der Waals surface area contributed by atoms with Gasteiger partial charge in [-0.2, -0.15) is 21.4 Å². The number of rotatable bonds is 29. The van der Waals surface area contributed by atoms with Crippen LogP contribution in [-0.2, 0) is 73.9 Å². The highest BCUT2D eigenvalue weighted by molar-refractivity contribution is 7.86. The number of methoxy groups -OCH3 is 1. The molecule has 21 nitrogen and oxygen atoms in total. The first kappa shape index (κ1) is 60.7. The largest absolute Gasteiger partial charge is 0.748 e. The molecule has 0 saturated carbocycles. The molecule has 1 unspecified atom stereocenters. The Labute approximate surface area is 461 Å². The number of nitrogens with zero attached hydrogens (tertiary/aromatic N) is 3. The molecule has 0 bridgehead atoms. The van der Waals surface area contributed by atoms with Gasteiger partial charge in [-0.1, -0.05) is 48.6 Å². The summed E-state index contributed by atoms with van der Waals surface area (Å²) >= 11 is 0. The van der Waals surface area contributed by atoms with Crippen LogP contribution in [0.3, 0.4) is 0 Å². The van der Waals surface area contributed by atoms with Crippen molar-refractivity contribution >= 4 is 82.1 Å². The highest BCUT2D eigenvalue weighted by atomic mass is 32.2. The van der Waals surface area contributed by atoms with Gasteiger partial charge in [0.15, 0.2) is 5.71 Å². The smallest absolute Gasteiger partial charge is 0.333 e. The lowest BCUT2D eigenvalue weighted by Crippen LogP contribution is -2.46. The van der Waals surface area contributed by atoms with Gasteiger partial charge in [-0.05, 0) is 81.9 Å². The molecule has 1 fully saturated rings. The van der Waals surface area contributed by atoms with Crippen molar-refractivity contribution in [3.63, 3.8) is 0 Å². The number of benzene rings is 3. The van der Waals surface area contributed by atoms with E-state index < -0.39 is 75.5 Å². The molecular formula is C55H67N3O18S3. The van der Waals surface area contributed by atoms with Crippen molar-refractivity contribution in [2.24, 2.45) is 0 Å². The van der Waals surface area contributed by atoms with Gasteiger partial charge in [0, 0.05) is 91.2 Å². The van der Waals surface area contributed by atoms with Crippen molar-refractivity contribution in [1.29, 1.82) is 0 Å². The number of allylic oxidation sites excluding steroid dienone is 5. The van der Waals surface area contributed by atoms with E-state index in [4.69, 9.17) is 28.5 Å². The van der Waals surface area contributed by atoms with Crippen LogP contribution < -0.4 is 9.64 Å². The molecule has 4 aliphatic heterocycles. The molecule has 79 heavy (non-hydrogen) atoms. The first-order valence-corrected chi connectivity index (χ1v) is 30.5. The maximum absolute atomic E-state index is 13.1. The van der Waals surface area contributed by atoms with Gasteiger partial charge < -0.3 is 38.0 Å². The van der Waals surface area contributed by atoms with Crippen LogP contribution in [0.25, 0.3) is 16.9 Å². The van der Waals surface area contributed by atoms with E-state index >= 15 is 0 Å². The van der Waals surface area contributed by atoms with Crippen molar-refractivity contribution in [3.8, 4) is 5.75 Å². The number of fused-ring (bicyclic) bond motifs is 3. The SMILES string of the molecule is COCCOCCOCCOCCC1=CC(C)(C)N(CCCS(=O)(=O)[O-])c2cc3c(cc21)C(=CC=CC1=[N+](CCCS(=O)(=O)O)c2ccc(S(=O)(=O)O)cc2C1(C)CCCC(=O)ON1C(=O)CCC1=O)C=C(c1ccccc1)O3. The number of carbonyl (C=O) groups excluding carboxylic acids is 3. The van der Waals surface area contributed by atoms with E-state index in [1.165, 1.54) is 18.2 Å². The number of imide groups is 1. The molecular weight excluding hydrogens is 1090 g/mol. The first-order valence-electron chi connectivity index (χ1n) is 25.8. The highest BCUT2D eigenvalue weighted by Gasteiger charge is 2.48. The Kier molecular flexibility index (Phi) is 20.1. The van der Waals surface area contributed by atoms with E-state index in [1.54, 1.807) is 23.8 Å². The minimum Gasteiger partial charge on any atom is -0.748 e. The van der Waals surface area contributed by atoms with Crippen LogP contribution in [0.4, 0.5) is 11.4 Å². The molecule has 428 valence electrons. The molecule has 1 saturated heterocycles. The third kappa shape index (κ3) is 15.9. The third-order valence-electron chi connectivity index (χ3n) is 13.9. The zero-order valence-corrected chi connectivity index (χ0v) is 47.0. The fourth-order valence-corrected chi connectivity index (χ4v) is 11.6. The Morgan fingerprint density at radius 3 is 2.14 bits per heavy atom. The van der Waals surface area contributed by atoms with Crippen LogP contribution in [0.5, 0.6) is 5.75 Å². The Morgan fingerprint density at radius 2 is 1.49 bits per heavy atom. The number of ether oxygens (including phenoxy) is 5. The average molecular weight is 1150 g/mol. The lowest BCUT2D eigenvalue weighted by atomic mass is 9.75. The van der Waals surface area contributed by atoms with Gasteiger partial charge >= 0.3 is 5.97 Å². The van der Waals surface area contributed by atoms with Crippen LogP contribution in [0.15, 0.2) is 95.9 Å². The molecule has 0 spiro atoms. The van der Waals surface area contributed by atoms with Gasteiger partial charge in [0.1, 0.15) is 18.1 Å². The summed E-state index contributed by atoms with van der Waals surface area (Å²) in [7, 11) is -12.0. The number of amides is 2. The van der Waals surface area contributed by atoms with E-state index in [-0.39, 0.29) is 58.0 Å². The molecule has 3 aromatic rings. The highest BCUT2D eigenvalue weighted by Crippen LogP contribution is 2.48. The van der Waals surface area contributed by atoms with Crippen LogP contribution in [-0.4, -0.2) is 156 Å². The number of hydroxylamine groups is 2. The van der Waals surface area contributed by atoms with Crippen molar-refractivity contribution in [2.45, 2.75) is 88.0 Å². The summed E-state index contributed by atoms with van der Waals surface area (Å²) < 4.78 is 135. The van der Waals surface area contributed by atoms with Crippen LogP contribution in [0, 0.1) is 0 Å². The first-order chi connectivity index (χ1) is 37.4. The van der Waals surface area contributed by atoms with Crippen LogP contribution in [0.1, 0.15) is 94.4 Å². The maximum atomic E-state index is 13.1. The van der Waals surface area contributed by atoms with Crippen LogP contribution in [0.2, 0.25) is 0 Å². The minimum atomic E-state index is -4.73. The Balaban J connectivity index is 1.28. The van der Waals surface area contributed by atoms with Crippen molar-refractivity contribution in [3.05, 3.63) is 113 Å². The second-order valence-corrected chi connectivity index (χ2v) is 24.6. The maximum Gasteiger partial charge on any atom is 0.333 e. The van der Waals surface area contributed by atoms with Crippen molar-refractivity contribution < 1.29 is 86.4 Å². The quantitative estimate of drug-likeness (QED) is 0.0328. The van der Waals surface area contributed by atoms with E-state index in [0.29, 0.717) is 97.3 Å². The third-order valence-corrected chi connectivity index (χ3v) is 16.3. The fraction of sp³-hybridized carbons (Fsp3) is 0.455. The molecule has 1 atom stereocenters. The van der Waals surface area contributed by atoms with Gasteiger partial charge in [0.25, 0.3) is 32.1 Å². The van der Waals surface area contributed by atoms with E-state index in [1.807, 2.05) is 75.4 Å².